The van der Waals surface area contributed by atoms with Gasteiger partial charge in [0.15, 0.2) is 11.5 Å². The van der Waals surface area contributed by atoms with E-state index in [1.54, 1.807) is 35.0 Å². The van der Waals surface area contributed by atoms with Crippen molar-refractivity contribution in [2.45, 2.75) is 13.5 Å². The summed E-state index contributed by atoms with van der Waals surface area (Å²) in [6, 6.07) is 3.23. The molecule has 0 aliphatic carbocycles. The maximum atomic E-state index is 12.6. The number of aryl methyl sites for hydroxylation is 1. The van der Waals surface area contributed by atoms with E-state index in [0.29, 0.717) is 35.2 Å². The minimum absolute atomic E-state index is 0.155. The monoisotopic (exact) mass is 337 g/mol. The molecule has 0 radical (unpaired) electrons. The summed E-state index contributed by atoms with van der Waals surface area (Å²) in [7, 11) is 5.08. The lowest BCUT2D eigenvalue weighted by molar-refractivity contribution is 0.0784. The van der Waals surface area contributed by atoms with Crippen LogP contribution < -0.4 is 9.47 Å². The topological polar surface area (TPSA) is 56.6 Å². The number of aromatic nitrogens is 2. The third-order valence-corrected chi connectivity index (χ3v) is 3.57. The summed E-state index contributed by atoms with van der Waals surface area (Å²) in [5.74, 6) is 0.734. The Kier molecular flexibility index (Phi) is 5.50. The molecule has 2 rings (SSSR count). The first-order chi connectivity index (χ1) is 11.0. The molecule has 0 saturated carbocycles. The fourth-order valence-corrected chi connectivity index (χ4v) is 2.51. The lowest BCUT2D eigenvalue weighted by atomic mass is 10.1. The van der Waals surface area contributed by atoms with Crippen LogP contribution in [0.5, 0.6) is 11.5 Å². The molecular weight excluding hydrogens is 318 g/mol. The molecule has 0 spiro atoms. The number of ether oxygens (including phenoxy) is 2. The average molecular weight is 338 g/mol. The highest BCUT2D eigenvalue weighted by Gasteiger charge is 2.18. The number of methoxy groups -OCH3 is 1. The zero-order chi connectivity index (χ0) is 17.0. The van der Waals surface area contributed by atoms with Crippen molar-refractivity contribution in [1.82, 2.24) is 14.7 Å². The van der Waals surface area contributed by atoms with Gasteiger partial charge in [-0.05, 0) is 19.1 Å². The van der Waals surface area contributed by atoms with Gasteiger partial charge in [-0.25, -0.2) is 0 Å². The first kappa shape index (κ1) is 17.1. The minimum atomic E-state index is -0.155. The van der Waals surface area contributed by atoms with Gasteiger partial charge in [0.2, 0.25) is 0 Å². The van der Waals surface area contributed by atoms with Gasteiger partial charge in [-0.3, -0.25) is 9.48 Å². The molecule has 0 aliphatic rings. The number of amides is 1. The summed E-state index contributed by atoms with van der Waals surface area (Å²) < 4.78 is 12.4. The first-order valence-electron chi connectivity index (χ1n) is 7.19. The highest BCUT2D eigenvalue weighted by atomic mass is 35.5. The van der Waals surface area contributed by atoms with Crippen LogP contribution in [-0.2, 0) is 13.6 Å². The van der Waals surface area contributed by atoms with Crippen LogP contribution in [0.2, 0.25) is 5.02 Å². The molecule has 6 nitrogen and oxygen atoms in total. The lowest BCUT2D eigenvalue weighted by Crippen LogP contribution is -2.26. The molecule has 1 aromatic carbocycles. The van der Waals surface area contributed by atoms with E-state index in [4.69, 9.17) is 21.1 Å². The maximum absolute atomic E-state index is 12.6. The second-order valence-electron chi connectivity index (χ2n) is 5.11. The zero-order valence-electron chi connectivity index (χ0n) is 13.7. The van der Waals surface area contributed by atoms with E-state index in [-0.39, 0.29) is 5.91 Å². The minimum Gasteiger partial charge on any atom is -0.493 e. The molecule has 23 heavy (non-hydrogen) atoms. The predicted octanol–water partition coefficient (Wildman–Crippen LogP) is 2.75. The van der Waals surface area contributed by atoms with Crippen molar-refractivity contribution in [3.63, 3.8) is 0 Å². The van der Waals surface area contributed by atoms with Crippen LogP contribution >= 0.6 is 11.6 Å². The second-order valence-corrected chi connectivity index (χ2v) is 5.51. The van der Waals surface area contributed by atoms with Crippen LogP contribution in [-0.4, -0.2) is 41.4 Å². The van der Waals surface area contributed by atoms with Gasteiger partial charge in [0, 0.05) is 38.0 Å². The van der Waals surface area contributed by atoms with Crippen LogP contribution in [0.3, 0.4) is 0 Å². The van der Waals surface area contributed by atoms with E-state index >= 15 is 0 Å². The van der Waals surface area contributed by atoms with Crippen molar-refractivity contribution < 1.29 is 14.3 Å². The van der Waals surface area contributed by atoms with Crippen molar-refractivity contribution in [1.29, 1.82) is 0 Å². The molecule has 0 fully saturated rings. The highest BCUT2D eigenvalue weighted by molar-refractivity contribution is 6.32. The van der Waals surface area contributed by atoms with Gasteiger partial charge >= 0.3 is 0 Å². The Hall–Kier alpha value is -2.21. The van der Waals surface area contributed by atoms with Gasteiger partial charge in [0.05, 0.1) is 24.9 Å². The van der Waals surface area contributed by atoms with Crippen LogP contribution in [0, 0.1) is 0 Å². The summed E-state index contributed by atoms with van der Waals surface area (Å²) in [6.45, 7) is 2.78. The fourth-order valence-electron chi connectivity index (χ4n) is 2.25. The first-order valence-corrected chi connectivity index (χ1v) is 7.57. The number of hydrogen-bond donors (Lipinski definition) is 0. The third kappa shape index (κ3) is 3.96. The van der Waals surface area contributed by atoms with Gasteiger partial charge in [-0.15, -0.1) is 0 Å². The molecule has 0 bridgehead atoms. The Labute approximate surface area is 140 Å². The maximum Gasteiger partial charge on any atom is 0.254 e. The number of carbonyl (C=O) groups is 1. The van der Waals surface area contributed by atoms with E-state index in [0.717, 1.165) is 5.56 Å². The van der Waals surface area contributed by atoms with E-state index in [9.17, 15) is 4.79 Å². The van der Waals surface area contributed by atoms with Gasteiger partial charge in [0.1, 0.15) is 0 Å². The summed E-state index contributed by atoms with van der Waals surface area (Å²) >= 11 is 6.22. The summed E-state index contributed by atoms with van der Waals surface area (Å²) in [5, 5.41) is 4.45. The van der Waals surface area contributed by atoms with Crippen LogP contribution in [0.15, 0.2) is 24.5 Å². The number of nitrogens with zero attached hydrogens (tertiary/aromatic N) is 3. The standard InChI is InChI=1S/C16H20ClN3O3/c1-5-23-15-13(17)6-12(7-14(15)22-4)16(21)19(2)9-11-8-18-20(3)10-11/h6-8,10H,5,9H2,1-4H3. The Morgan fingerprint density at radius 1 is 1.43 bits per heavy atom. The Bertz CT molecular complexity index is 700. The number of carbonyl (C=O) groups excluding carboxylic acids is 1. The summed E-state index contributed by atoms with van der Waals surface area (Å²) in [5.41, 5.74) is 1.40. The predicted molar refractivity (Wildman–Crippen MR) is 88.2 cm³/mol. The third-order valence-electron chi connectivity index (χ3n) is 3.29. The molecule has 1 amide bonds. The lowest BCUT2D eigenvalue weighted by Gasteiger charge is -2.18. The molecular formula is C16H20ClN3O3. The molecule has 2 aromatic rings. The van der Waals surface area contributed by atoms with E-state index < -0.39 is 0 Å². The summed E-state index contributed by atoms with van der Waals surface area (Å²) in [4.78, 5) is 14.2. The Morgan fingerprint density at radius 2 is 2.17 bits per heavy atom. The molecule has 0 saturated heterocycles. The van der Waals surface area contributed by atoms with E-state index in [2.05, 4.69) is 5.10 Å². The summed E-state index contributed by atoms with van der Waals surface area (Å²) in [6.07, 6.45) is 3.60. The molecule has 0 aliphatic heterocycles. The Morgan fingerprint density at radius 3 is 2.74 bits per heavy atom. The van der Waals surface area contributed by atoms with E-state index in [1.165, 1.54) is 7.11 Å². The van der Waals surface area contributed by atoms with Gasteiger partial charge in [-0.1, -0.05) is 11.6 Å². The fraction of sp³-hybridized carbons (Fsp3) is 0.375. The van der Waals surface area contributed by atoms with Crippen LogP contribution in [0.4, 0.5) is 0 Å². The number of halogens is 1. The second kappa shape index (κ2) is 7.37. The molecule has 0 unspecified atom stereocenters. The smallest absolute Gasteiger partial charge is 0.254 e. The number of benzene rings is 1. The zero-order valence-corrected chi connectivity index (χ0v) is 14.4. The molecule has 1 aromatic heterocycles. The number of hydrogen-bond acceptors (Lipinski definition) is 4. The molecule has 0 atom stereocenters. The van der Waals surface area contributed by atoms with Crippen molar-refractivity contribution in [2.24, 2.45) is 7.05 Å². The van der Waals surface area contributed by atoms with Crippen molar-refractivity contribution in [2.75, 3.05) is 20.8 Å². The Balaban J connectivity index is 2.22. The van der Waals surface area contributed by atoms with Crippen LogP contribution in [0.1, 0.15) is 22.8 Å². The molecule has 1 heterocycles. The average Bonchev–Trinajstić information content (AvgIpc) is 2.93. The molecule has 7 heteroatoms. The number of rotatable bonds is 6. The van der Waals surface area contributed by atoms with Crippen LogP contribution in [0.25, 0.3) is 0 Å². The normalized spacial score (nSPS) is 10.5. The SMILES string of the molecule is CCOc1c(Cl)cc(C(=O)N(C)Cc2cnn(C)c2)cc1OC. The molecule has 124 valence electrons. The molecule has 0 N–H and O–H groups in total. The van der Waals surface area contributed by atoms with Gasteiger partial charge < -0.3 is 14.4 Å². The van der Waals surface area contributed by atoms with Crippen molar-refractivity contribution >= 4 is 17.5 Å². The highest BCUT2D eigenvalue weighted by Crippen LogP contribution is 2.36. The van der Waals surface area contributed by atoms with Gasteiger partial charge in [-0.2, -0.15) is 5.10 Å². The van der Waals surface area contributed by atoms with Crippen molar-refractivity contribution in [3.05, 3.63) is 40.7 Å². The largest absolute Gasteiger partial charge is 0.493 e. The quantitative estimate of drug-likeness (QED) is 0.813. The van der Waals surface area contributed by atoms with E-state index in [1.807, 2.05) is 20.2 Å². The van der Waals surface area contributed by atoms with Crippen molar-refractivity contribution in [3.8, 4) is 11.5 Å². The van der Waals surface area contributed by atoms with Gasteiger partial charge in [0.25, 0.3) is 5.91 Å².